The highest BCUT2D eigenvalue weighted by Gasteiger charge is 1.98. The predicted octanol–water partition coefficient (Wildman–Crippen LogP) is 3.74. The van der Waals surface area contributed by atoms with Gasteiger partial charge in [0.25, 0.3) is 0 Å². The molecule has 0 aromatic heterocycles. The third-order valence-corrected chi connectivity index (χ3v) is 3.28. The highest BCUT2D eigenvalue weighted by atomic mass is 16.5. The Morgan fingerprint density at radius 1 is 0.750 bits per heavy atom. The van der Waals surface area contributed by atoms with Crippen molar-refractivity contribution in [3.05, 3.63) is 59.7 Å². The van der Waals surface area contributed by atoms with E-state index < -0.39 is 0 Å². The molecule has 3 N–H and O–H groups in total. The second-order valence-corrected chi connectivity index (χ2v) is 6.59. The molecule has 0 aliphatic carbocycles. The van der Waals surface area contributed by atoms with E-state index in [9.17, 15) is 0 Å². The van der Waals surface area contributed by atoms with Crippen LogP contribution in [0.5, 0.6) is 11.5 Å². The first kappa shape index (κ1) is 21.0. The number of nitrogens with one attached hydrogen (secondary N) is 3. The van der Waals surface area contributed by atoms with Crippen molar-refractivity contribution in [1.82, 2.24) is 10.9 Å². The van der Waals surface area contributed by atoms with Crippen LogP contribution in [-0.4, -0.2) is 30.6 Å². The fraction of sp³-hybridized carbons (Fsp3) is 0.286. The maximum absolute atomic E-state index is 7.75. The second-order valence-electron chi connectivity index (χ2n) is 6.59. The molecule has 28 heavy (non-hydrogen) atoms. The standard InChI is InChI=1S/C21H27N5O2/c1-15(2)27-19-9-5-17(6-10-19)13-23-25-21(22)26-24-14-18-7-11-20(12-8-18)28-16(3)4/h5-16H,1-4H3,(H3,22,25,26)/b23-13+,24-14+. The summed E-state index contributed by atoms with van der Waals surface area (Å²) in [6.45, 7) is 7.93. The van der Waals surface area contributed by atoms with E-state index in [4.69, 9.17) is 14.9 Å². The molecule has 148 valence electrons. The number of guanidine groups is 1. The average Bonchev–Trinajstić information content (AvgIpc) is 2.64. The number of benzene rings is 2. The van der Waals surface area contributed by atoms with Crippen LogP contribution in [0.25, 0.3) is 0 Å². The van der Waals surface area contributed by atoms with Gasteiger partial charge < -0.3 is 9.47 Å². The van der Waals surface area contributed by atoms with Crippen LogP contribution in [-0.2, 0) is 0 Å². The summed E-state index contributed by atoms with van der Waals surface area (Å²) >= 11 is 0. The molecule has 2 rings (SSSR count). The molecule has 0 atom stereocenters. The molecule has 7 heteroatoms. The largest absolute Gasteiger partial charge is 0.491 e. The molecule has 0 saturated heterocycles. The van der Waals surface area contributed by atoms with Gasteiger partial charge in [-0.15, -0.1) is 0 Å². The number of hydrogen-bond acceptors (Lipinski definition) is 5. The van der Waals surface area contributed by atoms with Gasteiger partial charge >= 0.3 is 0 Å². The number of rotatable bonds is 8. The Morgan fingerprint density at radius 3 is 1.43 bits per heavy atom. The van der Waals surface area contributed by atoms with Crippen molar-refractivity contribution in [3.63, 3.8) is 0 Å². The molecule has 0 bridgehead atoms. The lowest BCUT2D eigenvalue weighted by atomic mass is 10.2. The number of nitrogens with zero attached hydrogens (tertiary/aromatic N) is 2. The Kier molecular flexibility index (Phi) is 8.02. The monoisotopic (exact) mass is 381 g/mol. The van der Waals surface area contributed by atoms with Crippen molar-refractivity contribution in [3.8, 4) is 11.5 Å². The van der Waals surface area contributed by atoms with Gasteiger partial charge in [-0.25, -0.2) is 10.9 Å². The third-order valence-electron chi connectivity index (χ3n) is 3.28. The van der Waals surface area contributed by atoms with Gasteiger partial charge in [-0.3, -0.25) is 5.41 Å². The first-order valence-corrected chi connectivity index (χ1v) is 9.12. The minimum absolute atomic E-state index is 0.0352. The molecule has 0 amide bonds. The number of hydrogen-bond donors (Lipinski definition) is 3. The van der Waals surface area contributed by atoms with Crippen molar-refractivity contribution >= 4 is 18.4 Å². The lowest BCUT2D eigenvalue weighted by Crippen LogP contribution is -2.29. The predicted molar refractivity (Wildman–Crippen MR) is 114 cm³/mol. The van der Waals surface area contributed by atoms with Gasteiger partial charge in [0.1, 0.15) is 11.5 Å². The summed E-state index contributed by atoms with van der Waals surface area (Å²) < 4.78 is 11.2. The van der Waals surface area contributed by atoms with E-state index in [1.807, 2.05) is 76.2 Å². The lowest BCUT2D eigenvalue weighted by Gasteiger charge is -2.09. The maximum atomic E-state index is 7.75. The Labute approximate surface area is 166 Å². The van der Waals surface area contributed by atoms with Crippen LogP contribution in [0.2, 0.25) is 0 Å². The minimum atomic E-state index is -0.0352. The van der Waals surface area contributed by atoms with Crippen molar-refractivity contribution in [2.75, 3.05) is 0 Å². The smallest absolute Gasteiger partial charge is 0.230 e. The summed E-state index contributed by atoms with van der Waals surface area (Å²) in [6.07, 6.45) is 3.51. The van der Waals surface area contributed by atoms with Crippen LogP contribution >= 0.6 is 0 Å². The van der Waals surface area contributed by atoms with Crippen molar-refractivity contribution in [1.29, 1.82) is 5.41 Å². The fourth-order valence-corrected chi connectivity index (χ4v) is 2.18. The van der Waals surface area contributed by atoms with Crippen molar-refractivity contribution in [2.45, 2.75) is 39.9 Å². The van der Waals surface area contributed by atoms with Gasteiger partial charge in [0, 0.05) is 0 Å². The van der Waals surface area contributed by atoms with E-state index in [0.717, 1.165) is 22.6 Å². The van der Waals surface area contributed by atoms with Gasteiger partial charge in [-0.2, -0.15) is 10.2 Å². The van der Waals surface area contributed by atoms with Crippen LogP contribution in [0.1, 0.15) is 38.8 Å². The van der Waals surface area contributed by atoms with Gasteiger partial charge in [-0.1, -0.05) is 0 Å². The van der Waals surface area contributed by atoms with E-state index in [-0.39, 0.29) is 18.2 Å². The molecule has 0 aliphatic rings. The molecule has 7 nitrogen and oxygen atoms in total. The van der Waals surface area contributed by atoms with Crippen LogP contribution in [0.3, 0.4) is 0 Å². The summed E-state index contributed by atoms with van der Waals surface area (Å²) in [5.74, 6) is 1.59. The molecule has 0 aliphatic heterocycles. The first-order chi connectivity index (χ1) is 13.4. The topological polar surface area (TPSA) is 91.1 Å². The molecule has 2 aromatic carbocycles. The molecular formula is C21H27N5O2. The number of hydrazone groups is 2. The number of ether oxygens (including phenoxy) is 2. The van der Waals surface area contributed by atoms with Gasteiger partial charge in [0.05, 0.1) is 24.6 Å². The molecule has 2 aromatic rings. The van der Waals surface area contributed by atoms with Gasteiger partial charge in [-0.05, 0) is 87.4 Å². The average molecular weight is 381 g/mol. The van der Waals surface area contributed by atoms with Crippen LogP contribution in [0.15, 0.2) is 58.7 Å². The molecule has 0 fully saturated rings. The van der Waals surface area contributed by atoms with E-state index in [2.05, 4.69) is 21.1 Å². The quantitative estimate of drug-likeness (QED) is 0.369. The fourth-order valence-electron chi connectivity index (χ4n) is 2.18. The summed E-state index contributed by atoms with van der Waals surface area (Å²) in [4.78, 5) is 0. The van der Waals surface area contributed by atoms with Crippen LogP contribution in [0.4, 0.5) is 0 Å². The normalized spacial score (nSPS) is 11.4. The van der Waals surface area contributed by atoms with E-state index in [1.54, 1.807) is 12.4 Å². The summed E-state index contributed by atoms with van der Waals surface area (Å²) in [7, 11) is 0. The van der Waals surface area contributed by atoms with Crippen molar-refractivity contribution < 1.29 is 9.47 Å². The lowest BCUT2D eigenvalue weighted by molar-refractivity contribution is 0.242. The second kappa shape index (κ2) is 10.7. The van der Waals surface area contributed by atoms with Crippen LogP contribution < -0.4 is 20.3 Å². The summed E-state index contributed by atoms with van der Waals surface area (Å²) in [5.41, 5.74) is 6.93. The Morgan fingerprint density at radius 2 is 1.11 bits per heavy atom. The molecule has 0 spiro atoms. The first-order valence-electron chi connectivity index (χ1n) is 9.12. The zero-order valence-electron chi connectivity index (χ0n) is 16.6. The Balaban J connectivity index is 1.76. The SMILES string of the molecule is CC(C)Oc1ccc(/C=N/NC(=N)N/N=C/c2ccc(OC(C)C)cc2)cc1. The molecule has 0 saturated carbocycles. The molecular weight excluding hydrogens is 354 g/mol. The Hall–Kier alpha value is -3.35. The van der Waals surface area contributed by atoms with E-state index in [0.29, 0.717) is 0 Å². The van der Waals surface area contributed by atoms with Gasteiger partial charge in [0.15, 0.2) is 0 Å². The zero-order valence-corrected chi connectivity index (χ0v) is 16.6. The maximum Gasteiger partial charge on any atom is 0.230 e. The Bertz CT molecular complexity index is 729. The highest BCUT2D eigenvalue weighted by Crippen LogP contribution is 2.13. The minimum Gasteiger partial charge on any atom is -0.491 e. The highest BCUT2D eigenvalue weighted by molar-refractivity contribution is 5.84. The molecule has 0 heterocycles. The molecule has 0 unspecified atom stereocenters. The zero-order chi connectivity index (χ0) is 20.4. The van der Waals surface area contributed by atoms with E-state index in [1.165, 1.54) is 0 Å². The van der Waals surface area contributed by atoms with Crippen LogP contribution in [0, 0.1) is 5.41 Å². The summed E-state index contributed by atoms with van der Waals surface area (Å²) in [5, 5.41) is 15.8. The molecule has 0 radical (unpaired) electrons. The van der Waals surface area contributed by atoms with E-state index >= 15 is 0 Å². The summed E-state index contributed by atoms with van der Waals surface area (Å²) in [6, 6.07) is 15.1. The van der Waals surface area contributed by atoms with Gasteiger partial charge in [0.2, 0.25) is 5.96 Å². The van der Waals surface area contributed by atoms with Crippen molar-refractivity contribution in [2.24, 2.45) is 10.2 Å². The third kappa shape index (κ3) is 7.90.